The molecule has 2 aromatic heterocycles. The third kappa shape index (κ3) is 4.45. The average molecular weight is 375 g/mol. The van der Waals surface area contributed by atoms with Gasteiger partial charge in [0.25, 0.3) is 0 Å². The Hall–Kier alpha value is -3.87. The van der Waals surface area contributed by atoms with Gasteiger partial charge in [-0.3, -0.25) is 4.79 Å². The van der Waals surface area contributed by atoms with E-state index in [1.165, 1.54) is 6.26 Å². The Bertz CT molecular complexity index is 1040. The number of aromatic nitrogens is 2. The van der Waals surface area contributed by atoms with Crippen molar-refractivity contribution in [3.63, 3.8) is 0 Å². The molecule has 0 aliphatic rings. The molecule has 4 rings (SSSR count). The number of aryl methyl sites for hydroxylation is 1. The first-order valence-corrected chi connectivity index (χ1v) is 8.75. The second-order valence-electron chi connectivity index (χ2n) is 5.98. The first-order chi connectivity index (χ1) is 13.8. The highest BCUT2D eigenvalue weighted by Crippen LogP contribution is 2.24. The van der Waals surface area contributed by atoms with Crippen LogP contribution in [0.3, 0.4) is 0 Å². The second kappa shape index (κ2) is 8.22. The molecule has 0 bridgehead atoms. The molecule has 2 heterocycles. The smallest absolute Gasteiger partial charge is 0.238 e. The summed E-state index contributed by atoms with van der Waals surface area (Å²) in [5, 5.41) is 6.69. The van der Waals surface area contributed by atoms with Crippen molar-refractivity contribution in [3.8, 4) is 23.1 Å². The summed E-state index contributed by atoms with van der Waals surface area (Å²) in [6.07, 6.45) is 2.08. The fraction of sp³-hybridized carbons (Fsp3) is 0.0952. The zero-order valence-corrected chi connectivity index (χ0v) is 14.9. The third-order valence-electron chi connectivity index (χ3n) is 3.87. The molecule has 0 atom stereocenters. The number of amides is 1. The van der Waals surface area contributed by atoms with Crippen LogP contribution in [0.4, 0.5) is 5.69 Å². The van der Waals surface area contributed by atoms with Crippen molar-refractivity contribution >= 4 is 11.6 Å². The lowest BCUT2D eigenvalue weighted by atomic mass is 10.2. The highest BCUT2D eigenvalue weighted by atomic mass is 16.5. The van der Waals surface area contributed by atoms with Gasteiger partial charge in [0.2, 0.25) is 17.6 Å². The number of hydrogen-bond donors (Lipinski definition) is 1. The van der Waals surface area contributed by atoms with Crippen LogP contribution >= 0.6 is 0 Å². The van der Waals surface area contributed by atoms with Crippen molar-refractivity contribution in [1.82, 2.24) is 10.1 Å². The van der Waals surface area contributed by atoms with Crippen LogP contribution < -0.4 is 10.1 Å². The Morgan fingerprint density at radius 3 is 2.68 bits per heavy atom. The standard InChI is InChI=1S/C21H17N3O4/c25-19(11-12-20-23-21(24-28-20)18-10-5-13-26-18)22-15-6-4-9-17(14-15)27-16-7-2-1-3-8-16/h1-10,13-14H,11-12H2,(H,22,25). The number of benzene rings is 2. The molecule has 0 saturated heterocycles. The van der Waals surface area contributed by atoms with E-state index in [0.717, 1.165) is 5.75 Å². The van der Waals surface area contributed by atoms with Gasteiger partial charge in [0, 0.05) is 24.6 Å². The maximum atomic E-state index is 12.2. The molecule has 0 aliphatic heterocycles. The fourth-order valence-corrected chi connectivity index (χ4v) is 2.57. The number of furan rings is 1. The minimum absolute atomic E-state index is 0.158. The van der Waals surface area contributed by atoms with Crippen molar-refractivity contribution in [2.45, 2.75) is 12.8 Å². The first kappa shape index (κ1) is 17.5. The van der Waals surface area contributed by atoms with E-state index >= 15 is 0 Å². The molecule has 0 saturated carbocycles. The number of nitrogens with one attached hydrogen (secondary N) is 1. The van der Waals surface area contributed by atoms with E-state index in [4.69, 9.17) is 13.7 Å². The van der Waals surface area contributed by atoms with Gasteiger partial charge >= 0.3 is 0 Å². The molecule has 140 valence electrons. The van der Waals surface area contributed by atoms with E-state index < -0.39 is 0 Å². The lowest BCUT2D eigenvalue weighted by molar-refractivity contribution is -0.116. The van der Waals surface area contributed by atoms with E-state index in [9.17, 15) is 4.79 Å². The van der Waals surface area contributed by atoms with Gasteiger partial charge in [0.05, 0.1) is 6.26 Å². The van der Waals surface area contributed by atoms with Gasteiger partial charge in [-0.1, -0.05) is 29.4 Å². The van der Waals surface area contributed by atoms with Crippen molar-refractivity contribution in [2.75, 3.05) is 5.32 Å². The quantitative estimate of drug-likeness (QED) is 0.504. The summed E-state index contributed by atoms with van der Waals surface area (Å²) in [6, 6.07) is 20.2. The normalized spacial score (nSPS) is 10.6. The summed E-state index contributed by atoms with van der Waals surface area (Å²) >= 11 is 0. The summed E-state index contributed by atoms with van der Waals surface area (Å²) in [7, 11) is 0. The van der Waals surface area contributed by atoms with Crippen molar-refractivity contribution in [1.29, 1.82) is 0 Å². The van der Waals surface area contributed by atoms with Crippen molar-refractivity contribution in [2.24, 2.45) is 0 Å². The summed E-state index contributed by atoms with van der Waals surface area (Å²) < 4.78 is 16.1. The highest BCUT2D eigenvalue weighted by Gasteiger charge is 2.12. The van der Waals surface area contributed by atoms with Crippen LogP contribution in [0.1, 0.15) is 12.3 Å². The third-order valence-corrected chi connectivity index (χ3v) is 3.87. The SMILES string of the molecule is O=C(CCc1nc(-c2ccco2)no1)Nc1cccc(Oc2ccccc2)c1. The van der Waals surface area contributed by atoms with Gasteiger partial charge in [0.15, 0.2) is 5.76 Å². The van der Waals surface area contributed by atoms with Gasteiger partial charge in [-0.25, -0.2) is 0 Å². The monoisotopic (exact) mass is 375 g/mol. The molecule has 7 nitrogen and oxygen atoms in total. The van der Waals surface area contributed by atoms with E-state index in [-0.39, 0.29) is 12.3 Å². The molecule has 0 aliphatic carbocycles. The number of para-hydroxylation sites is 1. The molecular formula is C21H17N3O4. The summed E-state index contributed by atoms with van der Waals surface area (Å²) in [5.41, 5.74) is 0.653. The number of rotatable bonds is 7. The minimum Gasteiger partial charge on any atom is -0.461 e. The molecule has 28 heavy (non-hydrogen) atoms. The van der Waals surface area contributed by atoms with E-state index in [1.54, 1.807) is 24.3 Å². The van der Waals surface area contributed by atoms with Gasteiger partial charge in [-0.2, -0.15) is 4.98 Å². The fourth-order valence-electron chi connectivity index (χ4n) is 2.57. The van der Waals surface area contributed by atoms with E-state index in [2.05, 4.69) is 15.5 Å². The molecule has 7 heteroatoms. The average Bonchev–Trinajstić information content (AvgIpc) is 3.39. The van der Waals surface area contributed by atoms with Crippen LogP contribution in [0.5, 0.6) is 11.5 Å². The molecule has 0 radical (unpaired) electrons. The van der Waals surface area contributed by atoms with E-state index in [1.807, 2.05) is 42.5 Å². The molecule has 4 aromatic rings. The van der Waals surface area contributed by atoms with Crippen molar-refractivity contribution < 1.29 is 18.5 Å². The van der Waals surface area contributed by atoms with Crippen LogP contribution in [0.2, 0.25) is 0 Å². The number of ether oxygens (including phenoxy) is 1. The van der Waals surface area contributed by atoms with Gasteiger partial charge in [-0.15, -0.1) is 0 Å². The Morgan fingerprint density at radius 2 is 1.86 bits per heavy atom. The predicted molar refractivity (Wildman–Crippen MR) is 102 cm³/mol. The number of anilines is 1. The van der Waals surface area contributed by atoms with Gasteiger partial charge in [0.1, 0.15) is 11.5 Å². The molecule has 0 fully saturated rings. The Labute approximate surface area is 161 Å². The summed E-state index contributed by atoms with van der Waals surface area (Å²) in [6.45, 7) is 0. The Kier molecular flexibility index (Phi) is 5.15. The number of nitrogens with zero attached hydrogens (tertiary/aromatic N) is 2. The summed E-state index contributed by atoms with van der Waals surface area (Å²) in [4.78, 5) is 16.5. The molecular weight excluding hydrogens is 358 g/mol. The van der Waals surface area contributed by atoms with Crippen LogP contribution in [0.25, 0.3) is 11.6 Å². The Morgan fingerprint density at radius 1 is 1.00 bits per heavy atom. The second-order valence-corrected chi connectivity index (χ2v) is 5.98. The molecule has 1 N–H and O–H groups in total. The zero-order chi connectivity index (χ0) is 19.2. The molecule has 1 amide bonds. The molecule has 2 aromatic carbocycles. The first-order valence-electron chi connectivity index (χ1n) is 8.75. The summed E-state index contributed by atoms with van der Waals surface area (Å²) in [5.74, 6) is 2.48. The largest absolute Gasteiger partial charge is 0.461 e. The minimum atomic E-state index is -0.158. The van der Waals surface area contributed by atoms with E-state index in [0.29, 0.717) is 35.3 Å². The van der Waals surface area contributed by atoms with Gasteiger partial charge < -0.3 is 19.0 Å². The van der Waals surface area contributed by atoms with Gasteiger partial charge in [-0.05, 0) is 36.4 Å². The molecule has 0 unspecified atom stereocenters. The van der Waals surface area contributed by atoms with Crippen LogP contribution in [0, 0.1) is 0 Å². The number of carbonyl (C=O) groups is 1. The van der Waals surface area contributed by atoms with Crippen molar-refractivity contribution in [3.05, 3.63) is 78.9 Å². The topological polar surface area (TPSA) is 90.4 Å². The van der Waals surface area contributed by atoms with Crippen LogP contribution in [-0.4, -0.2) is 16.0 Å². The lowest BCUT2D eigenvalue weighted by Gasteiger charge is -2.08. The zero-order valence-electron chi connectivity index (χ0n) is 14.9. The van der Waals surface area contributed by atoms with Crippen LogP contribution in [-0.2, 0) is 11.2 Å². The lowest BCUT2D eigenvalue weighted by Crippen LogP contribution is -2.12. The van der Waals surface area contributed by atoms with Crippen LogP contribution in [0.15, 0.2) is 81.9 Å². The number of carbonyl (C=O) groups excluding carboxylic acids is 1. The predicted octanol–water partition coefficient (Wildman–Crippen LogP) is 4.69. The number of hydrogen-bond acceptors (Lipinski definition) is 6. The Balaban J connectivity index is 1.32. The highest BCUT2D eigenvalue weighted by molar-refractivity contribution is 5.90. The maximum absolute atomic E-state index is 12.2. The molecule has 0 spiro atoms. The maximum Gasteiger partial charge on any atom is 0.238 e.